The third-order valence-electron chi connectivity index (χ3n) is 15.3. The monoisotopic (exact) mass is 1150 g/mol. The Morgan fingerprint density at radius 3 is 1.94 bits per heavy atom. The van der Waals surface area contributed by atoms with Gasteiger partial charge in [0.05, 0.1) is 80.3 Å². The number of imidazole rings is 1. The van der Waals surface area contributed by atoms with Gasteiger partial charge in [0.1, 0.15) is 17.7 Å². The molecule has 17 nitrogen and oxygen atoms in total. The van der Waals surface area contributed by atoms with E-state index in [0.29, 0.717) is 96.5 Å². The lowest BCUT2D eigenvalue weighted by Gasteiger charge is -2.47. The molecule has 2 aromatic carbocycles. The number of rotatable bonds is 21. The van der Waals surface area contributed by atoms with Crippen molar-refractivity contribution in [1.29, 1.82) is 0 Å². The number of aliphatic hydroxyl groups is 1. The molecule has 2 aromatic heterocycles. The number of ketones is 1. The van der Waals surface area contributed by atoms with Crippen LogP contribution in [0.15, 0.2) is 61.3 Å². The number of esters is 1. The second kappa shape index (κ2) is 25.1. The van der Waals surface area contributed by atoms with Crippen molar-refractivity contribution in [1.82, 2.24) is 40.2 Å². The van der Waals surface area contributed by atoms with E-state index < -0.39 is 121 Å². The normalized spacial score (nSPS) is 18.6. The van der Waals surface area contributed by atoms with Crippen LogP contribution in [0.4, 0.5) is 54.6 Å². The Morgan fingerprint density at radius 2 is 1.42 bits per heavy atom. The van der Waals surface area contributed by atoms with Crippen molar-refractivity contribution in [2.75, 3.05) is 52.0 Å². The maximum atomic E-state index is 16.1. The number of nitrogens with zero attached hydrogens (tertiary/aromatic N) is 7. The first-order valence-electron chi connectivity index (χ1n) is 25.6. The SMILES string of the molecule is COC(=O)C[C@H](C(=O)NN(Cc1c(F)cc(-c2cn(C(F)F)cn2)cc1F)C[C@H](O)[C@@H](CC(=O)[C@@H](NC(=O)OC)C(C)(C)C(F)(F)F)Cc1ccc(C#Cc2cnc(N3CC4CCC(C3)N4C3COC3)nc2)cc1)C(C)(C)C(F)(F)F. The van der Waals surface area contributed by atoms with Gasteiger partial charge in [-0.3, -0.25) is 29.3 Å². The van der Waals surface area contributed by atoms with Gasteiger partial charge in [-0.1, -0.05) is 37.8 Å². The number of nitrogens with one attached hydrogen (secondary N) is 2. The van der Waals surface area contributed by atoms with Gasteiger partial charge < -0.3 is 29.5 Å². The number of fused-ring (bicyclic) bond motifs is 2. The van der Waals surface area contributed by atoms with E-state index >= 15 is 8.78 Å². The zero-order chi connectivity index (χ0) is 59.4. The smallest absolute Gasteiger partial charge is 0.407 e. The first-order chi connectivity index (χ1) is 38.0. The van der Waals surface area contributed by atoms with Gasteiger partial charge in [-0.2, -0.15) is 35.1 Å². The molecule has 0 aliphatic carbocycles. The minimum atomic E-state index is -5.16. The summed E-state index contributed by atoms with van der Waals surface area (Å²) in [6.07, 6.45) is -9.41. The van der Waals surface area contributed by atoms with E-state index in [-0.39, 0.29) is 17.7 Å². The molecule has 3 saturated heterocycles. The summed E-state index contributed by atoms with van der Waals surface area (Å²) in [5, 5.41) is 14.7. The van der Waals surface area contributed by atoms with Crippen LogP contribution in [0.1, 0.15) is 82.2 Å². The fourth-order valence-corrected chi connectivity index (χ4v) is 10.1. The molecular formula is C54H61F10N9O8. The standard InChI is InChI=1S/C54H61F10N9O8/c1-51(2,53(59,60)61)39(19-45(76)79-5)47(77)69-72(24-38-40(55)16-33(17-41(38)56)42-25-71(29-67-42)48(57)58)26-44(75)34(18-43(74)46(68-50(78)80-6)52(3,4)54(62,63)64)15-31-10-7-30(8-11-31)9-12-32-20-65-49(66-21-32)70-22-35-13-14-36(23-70)73(35)37-27-81-28-37/h7-8,10-11,16-17,20-21,25,29,34-37,39,44,46,48,75H,13-15,18-19,22-24,26-28H2,1-6H3,(H,68,78)(H,69,77)/t34-,35?,36?,39-,44+,46-/m1/s1. The van der Waals surface area contributed by atoms with E-state index in [1.165, 1.54) is 12.1 Å². The van der Waals surface area contributed by atoms with Crippen molar-refractivity contribution in [3.05, 3.63) is 95.2 Å². The number of Topliss-reactive ketones (excluding diaryl/α,β-unsaturated/α-hetero) is 1. The van der Waals surface area contributed by atoms with Crippen LogP contribution in [-0.4, -0.2) is 148 Å². The molecule has 2 amide bonds. The number of alkyl halides is 8. The van der Waals surface area contributed by atoms with Crippen LogP contribution in [-0.2, 0) is 41.6 Å². The summed E-state index contributed by atoms with van der Waals surface area (Å²) in [5.41, 5.74) is -4.11. The maximum Gasteiger partial charge on any atom is 0.407 e. The number of carbonyl (C=O) groups is 4. The Labute approximate surface area is 459 Å². The molecule has 4 aromatic rings. The minimum Gasteiger partial charge on any atom is -0.469 e. The zero-order valence-electron chi connectivity index (χ0n) is 44.9. The average molecular weight is 1150 g/mol. The van der Waals surface area contributed by atoms with Gasteiger partial charge in [0.15, 0.2) is 5.78 Å². The molecule has 0 saturated carbocycles. The van der Waals surface area contributed by atoms with Crippen LogP contribution in [0.2, 0.25) is 0 Å². The van der Waals surface area contributed by atoms with E-state index in [2.05, 4.69) is 51.5 Å². The number of alkyl carbamates (subject to hydrolysis) is 1. The van der Waals surface area contributed by atoms with Crippen molar-refractivity contribution in [3.63, 3.8) is 0 Å². The largest absolute Gasteiger partial charge is 0.469 e. The number of hydrogen-bond acceptors (Lipinski definition) is 14. The van der Waals surface area contributed by atoms with Gasteiger partial charge in [0.2, 0.25) is 11.9 Å². The van der Waals surface area contributed by atoms with Crippen LogP contribution >= 0.6 is 0 Å². The Morgan fingerprint density at radius 1 is 0.827 bits per heavy atom. The van der Waals surface area contributed by atoms with E-state index in [1.54, 1.807) is 24.5 Å². The Hall–Kier alpha value is -6.89. The quantitative estimate of drug-likeness (QED) is 0.0320. The van der Waals surface area contributed by atoms with Crippen molar-refractivity contribution in [3.8, 4) is 23.1 Å². The molecule has 3 N–H and O–H groups in total. The topological polar surface area (TPSA) is 194 Å². The first kappa shape index (κ1) is 61.7. The maximum absolute atomic E-state index is 16.1. The molecule has 0 spiro atoms. The van der Waals surface area contributed by atoms with E-state index in [9.17, 15) is 59.4 Å². The van der Waals surface area contributed by atoms with Crippen LogP contribution in [0.25, 0.3) is 11.3 Å². The number of anilines is 1. The molecule has 7 rings (SSSR count). The summed E-state index contributed by atoms with van der Waals surface area (Å²) in [6, 6.07) is 6.38. The Bertz CT molecular complexity index is 2910. The van der Waals surface area contributed by atoms with Gasteiger partial charge in [-0.15, -0.1) is 0 Å². The lowest BCUT2D eigenvalue weighted by Crippen LogP contribution is -2.62. The molecule has 3 aliphatic heterocycles. The number of ether oxygens (including phenoxy) is 3. The molecule has 0 radical (unpaired) electrons. The molecule has 3 aliphatic rings. The number of hydrogen-bond donors (Lipinski definition) is 3. The van der Waals surface area contributed by atoms with Crippen molar-refractivity contribution >= 4 is 29.7 Å². The van der Waals surface area contributed by atoms with Crippen LogP contribution in [0, 0.1) is 46.1 Å². The van der Waals surface area contributed by atoms with Crippen molar-refractivity contribution < 1.29 is 82.4 Å². The highest BCUT2D eigenvalue weighted by Gasteiger charge is 2.57. The summed E-state index contributed by atoms with van der Waals surface area (Å²) in [4.78, 5) is 70.8. The number of amides is 2. The third-order valence-corrected chi connectivity index (χ3v) is 15.3. The van der Waals surface area contributed by atoms with Gasteiger partial charge in [0, 0.05) is 80.0 Å². The van der Waals surface area contributed by atoms with Crippen LogP contribution in [0.3, 0.4) is 0 Å². The average Bonchev–Trinajstić information content (AvgIpc) is 4.20. The molecule has 2 bridgehead atoms. The highest BCUT2D eigenvalue weighted by atomic mass is 19.4. The van der Waals surface area contributed by atoms with Gasteiger partial charge in [-0.05, 0) is 68.9 Å². The predicted octanol–water partition coefficient (Wildman–Crippen LogP) is 7.56. The highest BCUT2D eigenvalue weighted by molar-refractivity contribution is 5.88. The molecule has 2 unspecified atom stereocenters. The summed E-state index contributed by atoms with van der Waals surface area (Å²) in [6.45, 7) is 0.322. The Kier molecular flexibility index (Phi) is 19.1. The lowest BCUT2D eigenvalue weighted by atomic mass is 9.75. The van der Waals surface area contributed by atoms with Gasteiger partial charge >= 0.3 is 31.0 Å². The summed E-state index contributed by atoms with van der Waals surface area (Å²) < 4.78 is 161. The summed E-state index contributed by atoms with van der Waals surface area (Å²) in [5.74, 6) is -4.16. The van der Waals surface area contributed by atoms with Gasteiger partial charge in [-0.25, -0.2) is 33.5 Å². The summed E-state index contributed by atoms with van der Waals surface area (Å²) >= 11 is 0. The molecule has 5 heterocycles. The molecule has 3 fully saturated rings. The van der Waals surface area contributed by atoms with E-state index in [0.717, 1.165) is 59.6 Å². The van der Waals surface area contributed by atoms with Crippen molar-refractivity contribution in [2.45, 2.75) is 116 Å². The highest BCUT2D eigenvalue weighted by Crippen LogP contribution is 2.46. The number of hydrazine groups is 1. The predicted molar refractivity (Wildman–Crippen MR) is 269 cm³/mol. The number of piperazine rings is 1. The van der Waals surface area contributed by atoms with Crippen molar-refractivity contribution in [2.24, 2.45) is 22.7 Å². The Balaban J connectivity index is 1.18. The number of halogens is 10. The molecule has 81 heavy (non-hydrogen) atoms. The number of aromatic nitrogens is 4. The lowest BCUT2D eigenvalue weighted by molar-refractivity contribution is -0.231. The minimum absolute atomic E-state index is 0.298. The van der Waals surface area contributed by atoms with Crippen LogP contribution < -0.4 is 15.6 Å². The fraction of sp³-hybridized carbons (Fsp3) is 0.537. The zero-order valence-corrected chi connectivity index (χ0v) is 44.9. The molecular weight excluding hydrogens is 1090 g/mol. The third kappa shape index (κ3) is 14.4. The number of benzene rings is 2. The van der Waals surface area contributed by atoms with Gasteiger partial charge in [0.25, 0.3) is 0 Å². The van der Waals surface area contributed by atoms with Crippen LogP contribution in [0.5, 0.6) is 0 Å². The number of carbonyl (C=O) groups excluding carboxylic acids is 4. The molecule has 440 valence electrons. The number of aliphatic hydroxyl groups excluding tert-OH is 1. The molecule has 6 atom stereocenters. The summed E-state index contributed by atoms with van der Waals surface area (Å²) in [7, 11) is 1.69. The second-order valence-corrected chi connectivity index (χ2v) is 21.4. The second-order valence-electron chi connectivity index (χ2n) is 21.4. The number of methoxy groups -OCH3 is 2. The molecule has 27 heteroatoms. The fourth-order valence-electron chi connectivity index (χ4n) is 10.1. The van der Waals surface area contributed by atoms with E-state index in [1.807, 2.05) is 5.32 Å². The first-order valence-corrected chi connectivity index (χ1v) is 25.6. The van der Waals surface area contributed by atoms with E-state index in [4.69, 9.17) is 4.74 Å².